The van der Waals surface area contributed by atoms with Crippen molar-refractivity contribution in [2.45, 2.75) is 26.2 Å². The van der Waals surface area contributed by atoms with Crippen LogP contribution in [0.3, 0.4) is 0 Å². The lowest BCUT2D eigenvalue weighted by atomic mass is 10.00. The molecular formula is C21H24N2O. The van der Waals surface area contributed by atoms with Gasteiger partial charge in [0.15, 0.2) is 0 Å². The van der Waals surface area contributed by atoms with Crippen molar-refractivity contribution in [3.63, 3.8) is 0 Å². The van der Waals surface area contributed by atoms with E-state index < -0.39 is 0 Å². The fourth-order valence-corrected chi connectivity index (χ4v) is 3.01. The predicted octanol–water partition coefficient (Wildman–Crippen LogP) is 4.96. The van der Waals surface area contributed by atoms with Crippen LogP contribution in [0, 0.1) is 0 Å². The Balaban J connectivity index is 1.58. The Hall–Kier alpha value is -2.55. The van der Waals surface area contributed by atoms with E-state index in [1.54, 1.807) is 0 Å². The Morgan fingerprint density at radius 3 is 2.46 bits per heavy atom. The molecule has 0 saturated carbocycles. The monoisotopic (exact) mass is 320 g/mol. The highest BCUT2D eigenvalue weighted by molar-refractivity contribution is 5.90. The Kier molecular flexibility index (Phi) is 5.32. The van der Waals surface area contributed by atoms with Crippen LogP contribution in [0.1, 0.15) is 30.9 Å². The highest BCUT2D eigenvalue weighted by Gasteiger charge is 2.17. The number of carbonyl (C=O) groups is 1. The largest absolute Gasteiger partial charge is 0.322 e. The summed E-state index contributed by atoms with van der Waals surface area (Å²) in [4.78, 5) is 14.3. The molecule has 0 fully saturated rings. The lowest BCUT2D eigenvalue weighted by Gasteiger charge is -2.27. The third-order valence-electron chi connectivity index (χ3n) is 4.38. The summed E-state index contributed by atoms with van der Waals surface area (Å²) in [7, 11) is 0. The molecule has 1 aliphatic heterocycles. The molecule has 24 heavy (non-hydrogen) atoms. The Morgan fingerprint density at radius 2 is 1.83 bits per heavy atom. The molecule has 2 amide bonds. The summed E-state index contributed by atoms with van der Waals surface area (Å²) in [6.07, 6.45) is 5.26. The quantitative estimate of drug-likeness (QED) is 0.848. The fourth-order valence-electron chi connectivity index (χ4n) is 3.01. The van der Waals surface area contributed by atoms with E-state index in [9.17, 15) is 4.79 Å². The second-order valence-electron chi connectivity index (χ2n) is 6.17. The van der Waals surface area contributed by atoms with E-state index in [4.69, 9.17) is 0 Å². The third kappa shape index (κ3) is 4.05. The first-order valence-corrected chi connectivity index (χ1v) is 8.65. The average Bonchev–Trinajstić information content (AvgIpc) is 2.64. The molecule has 0 aromatic heterocycles. The van der Waals surface area contributed by atoms with E-state index in [0.717, 1.165) is 31.5 Å². The topological polar surface area (TPSA) is 32.3 Å². The lowest BCUT2D eigenvalue weighted by Crippen LogP contribution is -2.37. The first-order chi connectivity index (χ1) is 11.8. The van der Waals surface area contributed by atoms with Crippen molar-refractivity contribution in [1.82, 2.24) is 4.90 Å². The van der Waals surface area contributed by atoms with Gasteiger partial charge in [0.05, 0.1) is 0 Å². The molecule has 3 heteroatoms. The van der Waals surface area contributed by atoms with Gasteiger partial charge in [0, 0.05) is 18.8 Å². The van der Waals surface area contributed by atoms with Crippen LogP contribution in [0.5, 0.6) is 0 Å². The maximum atomic E-state index is 12.4. The van der Waals surface area contributed by atoms with Crippen LogP contribution < -0.4 is 5.32 Å². The van der Waals surface area contributed by atoms with Crippen molar-refractivity contribution in [1.29, 1.82) is 0 Å². The Labute approximate surface area is 144 Å². The molecular weight excluding hydrogens is 296 g/mol. The zero-order valence-corrected chi connectivity index (χ0v) is 14.2. The summed E-state index contributed by atoms with van der Waals surface area (Å²) >= 11 is 0. The molecule has 124 valence electrons. The Morgan fingerprint density at radius 1 is 1.08 bits per heavy atom. The van der Waals surface area contributed by atoms with Crippen LogP contribution in [0.25, 0.3) is 5.57 Å². The fraction of sp³-hybridized carbons (Fsp3) is 0.286. The zero-order valence-electron chi connectivity index (χ0n) is 14.2. The van der Waals surface area contributed by atoms with Gasteiger partial charge in [-0.15, -0.1) is 0 Å². The van der Waals surface area contributed by atoms with Crippen LogP contribution in [0.2, 0.25) is 0 Å². The van der Waals surface area contributed by atoms with Crippen LogP contribution in [-0.4, -0.2) is 24.0 Å². The molecule has 0 aliphatic carbocycles. The second kappa shape index (κ2) is 7.82. The van der Waals surface area contributed by atoms with Gasteiger partial charge in [-0.1, -0.05) is 61.9 Å². The number of rotatable bonds is 4. The molecule has 0 spiro atoms. The van der Waals surface area contributed by atoms with E-state index in [-0.39, 0.29) is 6.03 Å². The van der Waals surface area contributed by atoms with E-state index >= 15 is 0 Å². The molecule has 0 saturated heterocycles. The maximum absolute atomic E-state index is 12.4. The van der Waals surface area contributed by atoms with Crippen LogP contribution in [0.4, 0.5) is 10.5 Å². The predicted molar refractivity (Wildman–Crippen MR) is 100 cm³/mol. The Bertz CT molecular complexity index is 704. The molecule has 0 atom stereocenters. The molecule has 2 aromatic carbocycles. The number of nitrogens with one attached hydrogen (secondary N) is 1. The number of carbonyl (C=O) groups excluding carboxylic acids is 1. The van der Waals surface area contributed by atoms with Gasteiger partial charge < -0.3 is 10.2 Å². The molecule has 1 heterocycles. The molecule has 1 aliphatic rings. The minimum atomic E-state index is -0.0263. The third-order valence-corrected chi connectivity index (χ3v) is 4.38. The van der Waals surface area contributed by atoms with Crippen molar-refractivity contribution in [3.05, 3.63) is 71.8 Å². The SMILES string of the molecule is CCCc1ccc(NC(=O)N2CC=C(c3ccccc3)CC2)cc1. The first-order valence-electron chi connectivity index (χ1n) is 8.65. The average molecular weight is 320 g/mol. The van der Waals surface area contributed by atoms with Crippen molar-refractivity contribution in [2.24, 2.45) is 0 Å². The van der Waals surface area contributed by atoms with Gasteiger partial charge >= 0.3 is 6.03 Å². The molecule has 0 bridgehead atoms. The maximum Gasteiger partial charge on any atom is 0.322 e. The molecule has 3 rings (SSSR count). The molecule has 1 N–H and O–H groups in total. The normalized spacial score (nSPS) is 14.2. The van der Waals surface area contributed by atoms with Gasteiger partial charge in [-0.25, -0.2) is 4.79 Å². The second-order valence-corrected chi connectivity index (χ2v) is 6.17. The van der Waals surface area contributed by atoms with E-state index in [1.165, 1.54) is 16.7 Å². The lowest BCUT2D eigenvalue weighted by molar-refractivity contribution is 0.217. The summed E-state index contributed by atoms with van der Waals surface area (Å²) < 4.78 is 0. The number of anilines is 1. The number of aryl methyl sites for hydroxylation is 1. The minimum Gasteiger partial charge on any atom is -0.320 e. The van der Waals surface area contributed by atoms with Crippen molar-refractivity contribution >= 4 is 17.3 Å². The summed E-state index contributed by atoms with van der Waals surface area (Å²) in [5.74, 6) is 0. The highest BCUT2D eigenvalue weighted by Crippen LogP contribution is 2.22. The number of hydrogen-bond acceptors (Lipinski definition) is 1. The smallest absolute Gasteiger partial charge is 0.320 e. The van der Waals surface area contributed by atoms with Crippen molar-refractivity contribution < 1.29 is 4.79 Å². The highest BCUT2D eigenvalue weighted by atomic mass is 16.2. The standard InChI is InChI=1S/C21H24N2O/c1-2-6-17-9-11-20(12-10-17)22-21(24)23-15-13-19(14-16-23)18-7-4-3-5-8-18/h3-5,7-13H,2,6,14-16H2,1H3,(H,22,24). The van der Waals surface area contributed by atoms with E-state index in [0.29, 0.717) is 6.54 Å². The van der Waals surface area contributed by atoms with Crippen molar-refractivity contribution in [2.75, 3.05) is 18.4 Å². The molecule has 3 nitrogen and oxygen atoms in total. The van der Waals surface area contributed by atoms with Gasteiger partial charge in [-0.05, 0) is 41.7 Å². The van der Waals surface area contributed by atoms with E-state index in [2.05, 4.69) is 54.7 Å². The molecule has 2 aromatic rings. The summed E-state index contributed by atoms with van der Waals surface area (Å²) in [5.41, 5.74) is 4.74. The van der Waals surface area contributed by atoms with E-state index in [1.807, 2.05) is 23.1 Å². The number of amides is 2. The van der Waals surface area contributed by atoms with Crippen molar-refractivity contribution in [3.8, 4) is 0 Å². The summed E-state index contributed by atoms with van der Waals surface area (Å²) in [6.45, 7) is 3.58. The van der Waals surface area contributed by atoms with Gasteiger partial charge in [0.1, 0.15) is 0 Å². The molecule has 0 unspecified atom stereocenters. The van der Waals surface area contributed by atoms with Crippen LogP contribution >= 0.6 is 0 Å². The van der Waals surface area contributed by atoms with Crippen LogP contribution in [0.15, 0.2) is 60.7 Å². The first kappa shape index (κ1) is 16.3. The van der Waals surface area contributed by atoms with Gasteiger partial charge in [-0.2, -0.15) is 0 Å². The number of benzene rings is 2. The molecule has 0 radical (unpaired) electrons. The number of nitrogens with zero attached hydrogens (tertiary/aromatic N) is 1. The van der Waals surface area contributed by atoms with Gasteiger partial charge in [0.2, 0.25) is 0 Å². The number of urea groups is 1. The summed E-state index contributed by atoms with van der Waals surface area (Å²) in [6, 6.07) is 18.5. The summed E-state index contributed by atoms with van der Waals surface area (Å²) in [5, 5.41) is 2.99. The van der Waals surface area contributed by atoms with Gasteiger partial charge in [-0.3, -0.25) is 0 Å². The number of hydrogen-bond donors (Lipinski definition) is 1. The van der Waals surface area contributed by atoms with Gasteiger partial charge in [0.25, 0.3) is 0 Å². The minimum absolute atomic E-state index is 0.0263. The van der Waals surface area contributed by atoms with Crippen LogP contribution in [-0.2, 0) is 6.42 Å². The zero-order chi connectivity index (χ0) is 16.8.